The van der Waals surface area contributed by atoms with Crippen molar-refractivity contribution in [3.63, 3.8) is 0 Å². The van der Waals surface area contributed by atoms with E-state index in [0.29, 0.717) is 6.61 Å². The number of ether oxygens (including phenoxy) is 1. The second kappa shape index (κ2) is 6.54. The number of imidazole rings is 1. The maximum atomic E-state index is 6.25. The topological polar surface area (TPSA) is 39.1 Å². The Morgan fingerprint density at radius 1 is 1.44 bits per heavy atom. The van der Waals surface area contributed by atoms with Crippen LogP contribution in [0.2, 0.25) is 5.02 Å². The van der Waals surface area contributed by atoms with Crippen molar-refractivity contribution in [2.75, 3.05) is 20.3 Å². The van der Waals surface area contributed by atoms with E-state index in [2.05, 4.69) is 10.3 Å². The van der Waals surface area contributed by atoms with Gasteiger partial charge in [0.25, 0.3) is 0 Å². The van der Waals surface area contributed by atoms with Crippen molar-refractivity contribution >= 4 is 11.6 Å². The third-order valence-corrected chi connectivity index (χ3v) is 2.99. The van der Waals surface area contributed by atoms with Crippen molar-refractivity contribution in [2.24, 2.45) is 0 Å². The van der Waals surface area contributed by atoms with Crippen molar-refractivity contribution in [1.29, 1.82) is 0 Å². The summed E-state index contributed by atoms with van der Waals surface area (Å²) in [5, 5.41) is 4.02. The average Bonchev–Trinajstić information content (AvgIpc) is 2.90. The second-order valence-electron chi connectivity index (χ2n) is 3.92. The number of halogens is 1. The molecular weight excluding hydrogens is 250 g/mol. The normalized spacial score (nSPS) is 10.8. The van der Waals surface area contributed by atoms with Gasteiger partial charge in [0.05, 0.1) is 12.9 Å². The van der Waals surface area contributed by atoms with Gasteiger partial charge < -0.3 is 14.6 Å². The highest BCUT2D eigenvalue weighted by atomic mass is 35.5. The van der Waals surface area contributed by atoms with E-state index in [0.717, 1.165) is 29.4 Å². The van der Waals surface area contributed by atoms with Gasteiger partial charge in [-0.2, -0.15) is 0 Å². The first-order valence-electron chi connectivity index (χ1n) is 5.77. The third-order valence-electron chi connectivity index (χ3n) is 2.64. The van der Waals surface area contributed by atoms with Crippen LogP contribution in [0.15, 0.2) is 36.9 Å². The summed E-state index contributed by atoms with van der Waals surface area (Å²) in [7, 11) is 1.69. The molecule has 0 aliphatic heterocycles. The first-order valence-corrected chi connectivity index (χ1v) is 6.15. The number of rotatable bonds is 6. The van der Waals surface area contributed by atoms with Gasteiger partial charge in [-0.05, 0) is 17.7 Å². The predicted octanol–water partition coefficient (Wildman–Crippen LogP) is 2.26. The summed E-state index contributed by atoms with van der Waals surface area (Å²) < 4.78 is 6.90. The van der Waals surface area contributed by atoms with Crippen molar-refractivity contribution in [3.8, 4) is 5.69 Å². The van der Waals surface area contributed by atoms with Crippen LogP contribution < -0.4 is 5.32 Å². The molecule has 4 nitrogen and oxygen atoms in total. The summed E-state index contributed by atoms with van der Waals surface area (Å²) in [6.07, 6.45) is 5.39. The summed E-state index contributed by atoms with van der Waals surface area (Å²) in [6, 6.07) is 5.99. The Labute approximate surface area is 112 Å². The Hall–Kier alpha value is -1.36. The van der Waals surface area contributed by atoms with Crippen LogP contribution in [0.3, 0.4) is 0 Å². The summed E-state index contributed by atoms with van der Waals surface area (Å²) in [6.45, 7) is 2.26. The molecule has 0 amide bonds. The van der Waals surface area contributed by atoms with Gasteiger partial charge >= 0.3 is 0 Å². The Morgan fingerprint density at radius 3 is 3.00 bits per heavy atom. The van der Waals surface area contributed by atoms with E-state index in [9.17, 15) is 0 Å². The lowest BCUT2D eigenvalue weighted by molar-refractivity contribution is 0.199. The van der Waals surface area contributed by atoms with Gasteiger partial charge in [0, 0.05) is 43.3 Å². The van der Waals surface area contributed by atoms with Crippen molar-refractivity contribution in [2.45, 2.75) is 6.54 Å². The molecular formula is C13H16ClN3O. The lowest BCUT2D eigenvalue weighted by Gasteiger charge is -2.09. The van der Waals surface area contributed by atoms with E-state index in [4.69, 9.17) is 16.3 Å². The smallest absolute Gasteiger partial charge is 0.0991 e. The fourth-order valence-corrected chi connectivity index (χ4v) is 1.89. The summed E-state index contributed by atoms with van der Waals surface area (Å²) in [5.41, 5.74) is 2.09. The number of hydrogen-bond acceptors (Lipinski definition) is 3. The molecule has 96 valence electrons. The quantitative estimate of drug-likeness (QED) is 0.815. The number of methoxy groups -OCH3 is 1. The highest BCUT2D eigenvalue weighted by Gasteiger charge is 2.02. The Kier molecular flexibility index (Phi) is 4.75. The molecule has 5 heteroatoms. The summed E-state index contributed by atoms with van der Waals surface area (Å²) >= 11 is 6.25. The molecule has 0 saturated carbocycles. The van der Waals surface area contributed by atoms with Gasteiger partial charge in [-0.3, -0.25) is 0 Å². The fourth-order valence-electron chi connectivity index (χ4n) is 1.65. The number of nitrogens with one attached hydrogen (secondary N) is 1. The van der Waals surface area contributed by atoms with Gasteiger partial charge in [0.15, 0.2) is 0 Å². The van der Waals surface area contributed by atoms with Crippen LogP contribution in [0.1, 0.15) is 5.56 Å². The molecule has 1 N–H and O–H groups in total. The van der Waals surface area contributed by atoms with Crippen LogP contribution in [0, 0.1) is 0 Å². The van der Waals surface area contributed by atoms with Crippen LogP contribution >= 0.6 is 11.6 Å². The largest absolute Gasteiger partial charge is 0.383 e. The fraction of sp³-hybridized carbons (Fsp3) is 0.308. The molecule has 1 heterocycles. The molecule has 0 bridgehead atoms. The van der Waals surface area contributed by atoms with Gasteiger partial charge in [0.2, 0.25) is 0 Å². The second-order valence-corrected chi connectivity index (χ2v) is 4.32. The zero-order valence-electron chi connectivity index (χ0n) is 10.3. The van der Waals surface area contributed by atoms with E-state index in [1.54, 1.807) is 19.6 Å². The Morgan fingerprint density at radius 2 is 2.33 bits per heavy atom. The maximum absolute atomic E-state index is 6.25. The highest BCUT2D eigenvalue weighted by molar-refractivity contribution is 6.31. The first kappa shape index (κ1) is 13.1. The average molecular weight is 266 g/mol. The van der Waals surface area contributed by atoms with E-state index < -0.39 is 0 Å². The Bertz CT molecular complexity index is 485. The molecule has 0 atom stereocenters. The standard InChI is InChI=1S/C13H16ClN3O/c1-18-7-5-15-9-11-2-3-12(8-13(11)14)17-6-4-16-10-17/h2-4,6,8,10,15H,5,7,9H2,1H3. The number of nitrogens with zero attached hydrogens (tertiary/aromatic N) is 2. The van der Waals surface area contributed by atoms with Gasteiger partial charge in [0.1, 0.15) is 0 Å². The van der Waals surface area contributed by atoms with Crippen molar-refractivity contribution in [3.05, 3.63) is 47.5 Å². The van der Waals surface area contributed by atoms with E-state index in [1.165, 1.54) is 0 Å². The van der Waals surface area contributed by atoms with E-state index >= 15 is 0 Å². The lowest BCUT2D eigenvalue weighted by Crippen LogP contribution is -2.18. The number of aromatic nitrogens is 2. The zero-order valence-corrected chi connectivity index (χ0v) is 11.0. The van der Waals surface area contributed by atoms with Gasteiger partial charge in [-0.25, -0.2) is 4.98 Å². The van der Waals surface area contributed by atoms with Crippen LogP contribution in [-0.4, -0.2) is 29.8 Å². The van der Waals surface area contributed by atoms with E-state index in [1.807, 2.05) is 29.0 Å². The van der Waals surface area contributed by atoms with Gasteiger partial charge in [-0.1, -0.05) is 17.7 Å². The maximum Gasteiger partial charge on any atom is 0.0991 e. The van der Waals surface area contributed by atoms with Gasteiger partial charge in [-0.15, -0.1) is 0 Å². The van der Waals surface area contributed by atoms with Crippen LogP contribution in [0.4, 0.5) is 0 Å². The SMILES string of the molecule is COCCNCc1ccc(-n2ccnc2)cc1Cl. The minimum atomic E-state index is 0.699. The number of hydrogen-bond donors (Lipinski definition) is 1. The van der Waals surface area contributed by atoms with E-state index in [-0.39, 0.29) is 0 Å². The van der Waals surface area contributed by atoms with Crippen LogP contribution in [-0.2, 0) is 11.3 Å². The molecule has 2 aromatic rings. The monoisotopic (exact) mass is 265 g/mol. The zero-order chi connectivity index (χ0) is 12.8. The summed E-state index contributed by atoms with van der Waals surface area (Å²) in [4.78, 5) is 4.01. The minimum Gasteiger partial charge on any atom is -0.383 e. The van der Waals surface area contributed by atoms with Crippen LogP contribution in [0.5, 0.6) is 0 Å². The molecule has 1 aromatic heterocycles. The van der Waals surface area contributed by atoms with Crippen molar-refractivity contribution in [1.82, 2.24) is 14.9 Å². The first-order chi connectivity index (χ1) is 8.81. The molecule has 2 rings (SSSR count). The number of benzene rings is 1. The third kappa shape index (κ3) is 3.32. The lowest BCUT2D eigenvalue weighted by atomic mass is 10.2. The molecule has 18 heavy (non-hydrogen) atoms. The van der Waals surface area contributed by atoms with Crippen molar-refractivity contribution < 1.29 is 4.74 Å². The molecule has 0 fully saturated rings. The van der Waals surface area contributed by atoms with Crippen LogP contribution in [0.25, 0.3) is 5.69 Å². The molecule has 0 radical (unpaired) electrons. The molecule has 0 spiro atoms. The molecule has 1 aromatic carbocycles. The molecule has 0 aliphatic carbocycles. The highest BCUT2D eigenvalue weighted by Crippen LogP contribution is 2.20. The minimum absolute atomic E-state index is 0.699. The molecule has 0 aliphatic rings. The Balaban J connectivity index is 2.01. The molecule has 0 saturated heterocycles. The summed E-state index contributed by atoms with van der Waals surface area (Å²) in [5.74, 6) is 0. The molecule has 0 unspecified atom stereocenters. The predicted molar refractivity (Wildman–Crippen MR) is 72.2 cm³/mol.